The number of carbonyl (C=O) groups excluding carboxylic acids is 1. The van der Waals surface area contributed by atoms with Gasteiger partial charge in [0.25, 0.3) is 0 Å². The summed E-state index contributed by atoms with van der Waals surface area (Å²) in [7, 11) is 0. The lowest BCUT2D eigenvalue weighted by molar-refractivity contribution is -0.143. The molecule has 0 spiro atoms. The largest absolute Gasteiger partial charge is 0.493 e. The summed E-state index contributed by atoms with van der Waals surface area (Å²) in [5, 5.41) is 0. The third kappa shape index (κ3) is 2.77. The predicted octanol–water partition coefficient (Wildman–Crippen LogP) is 1.57. The van der Waals surface area contributed by atoms with Crippen LogP contribution in [0.5, 0.6) is 5.75 Å². The summed E-state index contributed by atoms with van der Waals surface area (Å²) in [6.07, 6.45) is 1.13. The molecule has 2 N–H and O–H groups in total. The van der Waals surface area contributed by atoms with Crippen LogP contribution in [0.4, 0.5) is 0 Å². The van der Waals surface area contributed by atoms with Gasteiger partial charge in [-0.15, -0.1) is 0 Å². The second kappa shape index (κ2) is 5.19. The normalized spacial score (nSPS) is 14.9. The Bertz CT molecular complexity index is 417. The van der Waals surface area contributed by atoms with Crippen LogP contribution in [0.15, 0.2) is 18.2 Å². The summed E-state index contributed by atoms with van der Waals surface area (Å²) in [5.74, 6) is 0.675. The van der Waals surface area contributed by atoms with Gasteiger partial charge in [-0.2, -0.15) is 0 Å². The number of hydrogen-bond donors (Lipinski definition) is 1. The van der Waals surface area contributed by atoms with Gasteiger partial charge in [-0.3, -0.25) is 4.79 Å². The minimum atomic E-state index is -0.306. The molecule has 0 saturated carbocycles. The van der Waals surface area contributed by atoms with Gasteiger partial charge in [-0.05, 0) is 24.1 Å². The van der Waals surface area contributed by atoms with Crippen molar-refractivity contribution < 1.29 is 14.3 Å². The van der Waals surface area contributed by atoms with Gasteiger partial charge in [0.15, 0.2) is 0 Å². The summed E-state index contributed by atoms with van der Waals surface area (Å²) < 4.78 is 10.3. The number of carbonyl (C=O) groups is 1. The molecule has 0 amide bonds. The quantitative estimate of drug-likeness (QED) is 0.805. The lowest BCUT2D eigenvalue weighted by Crippen LogP contribution is -2.17. The molecule has 0 saturated heterocycles. The van der Waals surface area contributed by atoms with Gasteiger partial charge in [-0.1, -0.05) is 12.1 Å². The van der Waals surface area contributed by atoms with E-state index in [2.05, 4.69) is 0 Å². The van der Waals surface area contributed by atoms with Crippen LogP contribution >= 0.6 is 0 Å². The fourth-order valence-electron chi connectivity index (χ4n) is 1.95. The Labute approximate surface area is 101 Å². The van der Waals surface area contributed by atoms with Crippen molar-refractivity contribution in [2.24, 2.45) is 5.73 Å². The summed E-state index contributed by atoms with van der Waals surface area (Å²) in [6, 6.07) is 5.54. The molecule has 92 valence electrons. The maximum Gasteiger partial charge on any atom is 0.307 e. The Hall–Kier alpha value is -1.55. The minimum absolute atomic E-state index is 0.216. The van der Waals surface area contributed by atoms with Crippen molar-refractivity contribution >= 4 is 5.97 Å². The minimum Gasteiger partial charge on any atom is -0.493 e. The molecular weight excluding hydrogens is 218 g/mol. The third-order valence-corrected chi connectivity index (χ3v) is 2.83. The van der Waals surface area contributed by atoms with Crippen molar-refractivity contribution in [2.45, 2.75) is 25.8 Å². The molecule has 1 aliphatic rings. The Morgan fingerprint density at radius 2 is 2.41 bits per heavy atom. The molecule has 4 nitrogen and oxygen atoms in total. The predicted molar refractivity (Wildman–Crippen MR) is 63.8 cm³/mol. The summed E-state index contributed by atoms with van der Waals surface area (Å²) >= 11 is 0. The lowest BCUT2D eigenvalue weighted by atomic mass is 10.0. The molecule has 0 bridgehead atoms. The highest BCUT2D eigenvalue weighted by Crippen LogP contribution is 2.28. The molecule has 0 radical (unpaired) electrons. The first kappa shape index (κ1) is 11.9. The van der Waals surface area contributed by atoms with Crippen LogP contribution in [-0.4, -0.2) is 19.2 Å². The van der Waals surface area contributed by atoms with E-state index < -0.39 is 0 Å². The SMILES string of the molecule is CCOC(=O)C[C@H](N)c1ccc2c(c1)CCO2. The van der Waals surface area contributed by atoms with E-state index in [4.69, 9.17) is 15.2 Å². The molecule has 2 rings (SSSR count). The molecule has 1 atom stereocenters. The lowest BCUT2D eigenvalue weighted by Gasteiger charge is -2.12. The average Bonchev–Trinajstić information content (AvgIpc) is 2.75. The second-order valence-electron chi connectivity index (χ2n) is 4.08. The van der Waals surface area contributed by atoms with E-state index in [0.29, 0.717) is 6.61 Å². The fraction of sp³-hybridized carbons (Fsp3) is 0.462. The third-order valence-electron chi connectivity index (χ3n) is 2.83. The van der Waals surface area contributed by atoms with E-state index in [9.17, 15) is 4.79 Å². The Morgan fingerprint density at radius 3 is 3.18 bits per heavy atom. The maximum atomic E-state index is 11.3. The van der Waals surface area contributed by atoms with Crippen LogP contribution < -0.4 is 10.5 Å². The topological polar surface area (TPSA) is 61.5 Å². The van der Waals surface area contributed by atoms with E-state index in [0.717, 1.165) is 24.3 Å². The molecule has 0 unspecified atom stereocenters. The number of benzene rings is 1. The van der Waals surface area contributed by atoms with Crippen molar-refractivity contribution in [3.63, 3.8) is 0 Å². The zero-order valence-electron chi connectivity index (χ0n) is 9.94. The number of ether oxygens (including phenoxy) is 2. The molecule has 0 fully saturated rings. The highest BCUT2D eigenvalue weighted by molar-refractivity contribution is 5.70. The Morgan fingerprint density at radius 1 is 1.59 bits per heavy atom. The van der Waals surface area contributed by atoms with E-state index >= 15 is 0 Å². The summed E-state index contributed by atoms with van der Waals surface area (Å²) in [4.78, 5) is 11.3. The first-order valence-electron chi connectivity index (χ1n) is 5.87. The van der Waals surface area contributed by atoms with Crippen LogP contribution in [-0.2, 0) is 16.0 Å². The van der Waals surface area contributed by atoms with Crippen LogP contribution in [0, 0.1) is 0 Å². The van der Waals surface area contributed by atoms with Crippen molar-refractivity contribution in [3.05, 3.63) is 29.3 Å². The van der Waals surface area contributed by atoms with Crippen LogP contribution in [0.25, 0.3) is 0 Å². The second-order valence-corrected chi connectivity index (χ2v) is 4.08. The zero-order chi connectivity index (χ0) is 12.3. The summed E-state index contributed by atoms with van der Waals surface area (Å²) in [5.41, 5.74) is 8.11. The van der Waals surface area contributed by atoms with E-state index in [1.54, 1.807) is 6.92 Å². The molecule has 1 aromatic rings. The number of esters is 1. The van der Waals surface area contributed by atoms with Gasteiger partial charge in [0.2, 0.25) is 0 Å². The van der Waals surface area contributed by atoms with E-state index in [1.165, 1.54) is 5.56 Å². The summed E-state index contributed by atoms with van der Waals surface area (Å²) in [6.45, 7) is 2.91. The standard InChI is InChI=1S/C13H17NO3/c1-2-16-13(15)8-11(14)9-3-4-12-10(7-9)5-6-17-12/h3-4,7,11H,2,5-6,8,14H2,1H3/t11-/m0/s1. The maximum absolute atomic E-state index is 11.3. The molecule has 1 heterocycles. The molecule has 0 aromatic heterocycles. The van der Waals surface area contributed by atoms with Gasteiger partial charge in [0.1, 0.15) is 5.75 Å². The smallest absolute Gasteiger partial charge is 0.307 e. The van der Waals surface area contributed by atoms with Crippen LogP contribution in [0.2, 0.25) is 0 Å². The molecule has 17 heavy (non-hydrogen) atoms. The number of nitrogens with two attached hydrogens (primary N) is 1. The van der Waals surface area contributed by atoms with Crippen LogP contribution in [0.3, 0.4) is 0 Å². The first-order chi connectivity index (χ1) is 8.20. The number of fused-ring (bicyclic) bond motifs is 1. The van der Waals surface area contributed by atoms with E-state index in [1.807, 2.05) is 18.2 Å². The molecule has 4 heteroatoms. The molecule has 0 aliphatic carbocycles. The highest BCUT2D eigenvalue weighted by Gasteiger charge is 2.17. The Balaban J connectivity index is 2.04. The van der Waals surface area contributed by atoms with Crippen LogP contribution in [0.1, 0.15) is 30.5 Å². The number of hydrogen-bond acceptors (Lipinski definition) is 4. The molecular formula is C13H17NO3. The van der Waals surface area contributed by atoms with Gasteiger partial charge in [-0.25, -0.2) is 0 Å². The van der Waals surface area contributed by atoms with Crippen molar-refractivity contribution in [3.8, 4) is 5.75 Å². The van der Waals surface area contributed by atoms with Crippen molar-refractivity contribution in [1.29, 1.82) is 0 Å². The fourth-order valence-corrected chi connectivity index (χ4v) is 1.95. The van der Waals surface area contributed by atoms with Gasteiger partial charge in [0, 0.05) is 12.5 Å². The monoisotopic (exact) mass is 235 g/mol. The molecule has 1 aromatic carbocycles. The van der Waals surface area contributed by atoms with Gasteiger partial charge >= 0.3 is 5.97 Å². The van der Waals surface area contributed by atoms with Gasteiger partial charge < -0.3 is 15.2 Å². The van der Waals surface area contributed by atoms with E-state index in [-0.39, 0.29) is 18.4 Å². The molecule has 1 aliphatic heterocycles. The highest BCUT2D eigenvalue weighted by atomic mass is 16.5. The average molecular weight is 235 g/mol. The van der Waals surface area contributed by atoms with Crippen molar-refractivity contribution in [2.75, 3.05) is 13.2 Å². The van der Waals surface area contributed by atoms with Gasteiger partial charge in [0.05, 0.1) is 19.6 Å². The first-order valence-corrected chi connectivity index (χ1v) is 5.87. The van der Waals surface area contributed by atoms with Crippen molar-refractivity contribution in [1.82, 2.24) is 0 Å². The zero-order valence-corrected chi connectivity index (χ0v) is 9.94. The number of rotatable bonds is 4. The Kier molecular flexibility index (Phi) is 3.64.